The van der Waals surface area contributed by atoms with Gasteiger partial charge in [-0.3, -0.25) is 4.79 Å². The average Bonchev–Trinajstić information content (AvgIpc) is 3.37. The van der Waals surface area contributed by atoms with Crippen LogP contribution < -0.4 is 10.1 Å². The Balaban J connectivity index is 1.42. The molecule has 0 saturated carbocycles. The second kappa shape index (κ2) is 8.65. The van der Waals surface area contributed by atoms with Crippen LogP contribution in [0.4, 0.5) is 5.69 Å². The third-order valence-corrected chi connectivity index (χ3v) is 4.77. The Morgan fingerprint density at radius 2 is 2.03 bits per heavy atom. The molecule has 0 unspecified atom stereocenters. The molecule has 0 aliphatic carbocycles. The van der Waals surface area contributed by atoms with Crippen molar-refractivity contribution in [2.75, 3.05) is 5.32 Å². The number of benzene rings is 2. The van der Waals surface area contributed by atoms with Crippen LogP contribution in [0.1, 0.15) is 32.9 Å². The minimum Gasteiger partial charge on any atom is -0.489 e. The number of hydrogen-bond acceptors (Lipinski definition) is 5. The quantitative estimate of drug-likeness (QED) is 0.496. The minimum atomic E-state index is -0.197. The van der Waals surface area contributed by atoms with Crippen LogP contribution in [0, 0.1) is 13.8 Å². The largest absolute Gasteiger partial charge is 0.489 e. The highest BCUT2D eigenvalue weighted by atomic mass is 16.5. The van der Waals surface area contributed by atoms with Crippen LogP contribution in [0.3, 0.4) is 0 Å². The number of amides is 1. The third-order valence-electron chi connectivity index (χ3n) is 4.77. The van der Waals surface area contributed by atoms with Gasteiger partial charge in [-0.05, 0) is 49.7 Å². The Kier molecular flexibility index (Phi) is 5.61. The number of nitrogens with zero attached hydrogens (tertiary/aromatic N) is 3. The standard InChI is InChI=1S/C23H22N4O3/c1-16-22(17(2)30-26-16)14-29-21-8-4-6-19(12-21)23(28)25-20-7-3-5-18(11-20)13-27-10-9-24-15-27/h3-12,15H,13-14H2,1-2H3,(H,25,28). The van der Waals surface area contributed by atoms with Crippen molar-refractivity contribution < 1.29 is 14.1 Å². The van der Waals surface area contributed by atoms with Crippen LogP contribution in [-0.2, 0) is 13.2 Å². The minimum absolute atomic E-state index is 0.197. The van der Waals surface area contributed by atoms with E-state index in [2.05, 4.69) is 15.5 Å². The van der Waals surface area contributed by atoms with Crippen molar-refractivity contribution in [2.24, 2.45) is 0 Å². The van der Waals surface area contributed by atoms with Crippen LogP contribution in [0.5, 0.6) is 5.75 Å². The average molecular weight is 402 g/mol. The normalized spacial score (nSPS) is 10.7. The van der Waals surface area contributed by atoms with Gasteiger partial charge in [0.1, 0.15) is 18.1 Å². The molecule has 4 aromatic rings. The highest BCUT2D eigenvalue weighted by Crippen LogP contribution is 2.20. The molecular weight excluding hydrogens is 380 g/mol. The zero-order valence-electron chi connectivity index (χ0n) is 16.8. The molecule has 0 bridgehead atoms. The third kappa shape index (κ3) is 4.57. The summed E-state index contributed by atoms with van der Waals surface area (Å²) >= 11 is 0. The predicted molar refractivity (Wildman–Crippen MR) is 112 cm³/mol. The molecule has 0 aliphatic heterocycles. The fourth-order valence-corrected chi connectivity index (χ4v) is 3.13. The maximum atomic E-state index is 12.7. The number of nitrogens with one attached hydrogen (secondary N) is 1. The molecule has 2 aromatic carbocycles. The van der Waals surface area contributed by atoms with Gasteiger partial charge in [-0.2, -0.15) is 0 Å². The Morgan fingerprint density at radius 3 is 2.80 bits per heavy atom. The smallest absolute Gasteiger partial charge is 0.255 e. The lowest BCUT2D eigenvalue weighted by molar-refractivity contribution is 0.102. The summed E-state index contributed by atoms with van der Waals surface area (Å²) in [6, 6.07) is 14.9. The van der Waals surface area contributed by atoms with Crippen LogP contribution in [0.2, 0.25) is 0 Å². The van der Waals surface area contributed by atoms with E-state index in [1.165, 1.54) is 0 Å². The lowest BCUT2D eigenvalue weighted by Gasteiger charge is -2.10. The maximum Gasteiger partial charge on any atom is 0.255 e. The van der Waals surface area contributed by atoms with Gasteiger partial charge in [-0.25, -0.2) is 4.98 Å². The first-order chi connectivity index (χ1) is 14.6. The number of ether oxygens (including phenoxy) is 1. The first kappa shape index (κ1) is 19.4. The predicted octanol–water partition coefficient (Wildman–Crippen LogP) is 4.37. The molecule has 0 aliphatic rings. The molecule has 1 amide bonds. The van der Waals surface area contributed by atoms with Gasteiger partial charge in [-0.1, -0.05) is 23.4 Å². The number of imidazole rings is 1. The lowest BCUT2D eigenvalue weighted by atomic mass is 10.1. The van der Waals surface area contributed by atoms with Crippen molar-refractivity contribution in [3.05, 3.63) is 95.4 Å². The second-order valence-electron chi connectivity index (χ2n) is 7.01. The second-order valence-corrected chi connectivity index (χ2v) is 7.01. The van der Waals surface area contributed by atoms with Crippen molar-refractivity contribution in [1.29, 1.82) is 0 Å². The summed E-state index contributed by atoms with van der Waals surface area (Å²) in [7, 11) is 0. The van der Waals surface area contributed by atoms with Crippen molar-refractivity contribution in [2.45, 2.75) is 27.0 Å². The molecule has 0 atom stereocenters. The number of anilines is 1. The van der Waals surface area contributed by atoms with Gasteiger partial charge in [-0.15, -0.1) is 0 Å². The molecule has 152 valence electrons. The van der Waals surface area contributed by atoms with Gasteiger partial charge in [0.2, 0.25) is 0 Å². The number of aromatic nitrogens is 3. The number of carbonyl (C=O) groups excluding carboxylic acids is 1. The molecule has 0 radical (unpaired) electrons. The van der Waals surface area contributed by atoms with Gasteiger partial charge in [0, 0.05) is 30.2 Å². The van der Waals surface area contributed by atoms with Crippen molar-refractivity contribution in [1.82, 2.24) is 14.7 Å². The van der Waals surface area contributed by atoms with E-state index in [9.17, 15) is 4.79 Å². The number of hydrogen-bond donors (Lipinski definition) is 1. The molecule has 30 heavy (non-hydrogen) atoms. The Bertz CT molecular complexity index is 1130. The summed E-state index contributed by atoms with van der Waals surface area (Å²) < 4.78 is 13.0. The van der Waals surface area contributed by atoms with Crippen molar-refractivity contribution in [3.8, 4) is 5.75 Å². The molecular formula is C23H22N4O3. The van der Waals surface area contributed by atoms with Crippen LogP contribution in [0.25, 0.3) is 0 Å². The zero-order valence-corrected chi connectivity index (χ0v) is 16.8. The molecule has 0 saturated heterocycles. The van der Waals surface area contributed by atoms with Crippen LogP contribution in [0.15, 0.2) is 71.8 Å². The summed E-state index contributed by atoms with van der Waals surface area (Å²) in [5.74, 6) is 1.14. The van der Waals surface area contributed by atoms with Gasteiger partial charge >= 0.3 is 0 Å². The number of carbonyl (C=O) groups is 1. The highest BCUT2D eigenvalue weighted by Gasteiger charge is 2.11. The SMILES string of the molecule is Cc1noc(C)c1COc1cccc(C(=O)Nc2cccc(Cn3ccnc3)c2)c1. The van der Waals surface area contributed by atoms with Crippen molar-refractivity contribution >= 4 is 11.6 Å². The lowest BCUT2D eigenvalue weighted by Crippen LogP contribution is -2.12. The first-order valence-electron chi connectivity index (χ1n) is 9.59. The summed E-state index contributed by atoms with van der Waals surface area (Å²) in [5, 5.41) is 6.88. The Morgan fingerprint density at radius 1 is 1.17 bits per heavy atom. The molecule has 2 aromatic heterocycles. The summed E-state index contributed by atoms with van der Waals surface area (Å²) in [5.41, 5.74) is 4.05. The van der Waals surface area contributed by atoms with E-state index in [0.717, 1.165) is 28.3 Å². The van der Waals surface area contributed by atoms with Crippen LogP contribution >= 0.6 is 0 Å². The summed E-state index contributed by atoms with van der Waals surface area (Å²) in [4.78, 5) is 16.8. The topological polar surface area (TPSA) is 82.2 Å². The van der Waals surface area contributed by atoms with E-state index in [4.69, 9.17) is 9.26 Å². The fraction of sp³-hybridized carbons (Fsp3) is 0.174. The zero-order chi connectivity index (χ0) is 20.9. The van der Waals surface area contributed by atoms with Crippen LogP contribution in [-0.4, -0.2) is 20.6 Å². The highest BCUT2D eigenvalue weighted by molar-refractivity contribution is 6.04. The molecule has 7 nitrogen and oxygen atoms in total. The Hall–Kier alpha value is -3.87. The van der Waals surface area contributed by atoms with Gasteiger partial charge in [0.15, 0.2) is 0 Å². The molecule has 2 heterocycles. The van der Waals surface area contributed by atoms with E-state index >= 15 is 0 Å². The maximum absolute atomic E-state index is 12.7. The van der Waals surface area contributed by atoms with E-state index < -0.39 is 0 Å². The van der Waals surface area contributed by atoms with Crippen molar-refractivity contribution in [3.63, 3.8) is 0 Å². The number of rotatable bonds is 7. The number of aryl methyl sites for hydroxylation is 2. The molecule has 1 N–H and O–H groups in total. The first-order valence-corrected chi connectivity index (χ1v) is 9.59. The van der Waals surface area contributed by atoms with E-state index in [1.54, 1.807) is 30.7 Å². The molecule has 4 rings (SSSR count). The monoisotopic (exact) mass is 402 g/mol. The summed E-state index contributed by atoms with van der Waals surface area (Å²) in [6.07, 6.45) is 5.41. The fourth-order valence-electron chi connectivity index (χ4n) is 3.13. The molecule has 0 spiro atoms. The van der Waals surface area contributed by atoms with E-state index in [1.807, 2.05) is 54.9 Å². The van der Waals surface area contributed by atoms with E-state index in [-0.39, 0.29) is 5.91 Å². The van der Waals surface area contributed by atoms with Gasteiger partial charge in [0.25, 0.3) is 5.91 Å². The molecule has 0 fully saturated rings. The Labute approximate surface area is 174 Å². The van der Waals surface area contributed by atoms with Gasteiger partial charge < -0.3 is 19.1 Å². The summed E-state index contributed by atoms with van der Waals surface area (Å²) in [6.45, 7) is 4.75. The molecule has 7 heteroatoms. The van der Waals surface area contributed by atoms with Gasteiger partial charge in [0.05, 0.1) is 17.6 Å². The van der Waals surface area contributed by atoms with E-state index in [0.29, 0.717) is 24.5 Å².